The molecular formula is C17H20ClN3O2. The molecule has 0 spiro atoms. The van der Waals surface area contributed by atoms with Crippen LogP contribution in [0.4, 0.5) is 0 Å². The number of likely N-dealkylation sites (tertiary alicyclic amines) is 1. The number of H-pyrrole nitrogens is 1. The number of halogens is 1. The third-order valence-electron chi connectivity index (χ3n) is 4.20. The van der Waals surface area contributed by atoms with E-state index < -0.39 is 0 Å². The van der Waals surface area contributed by atoms with Gasteiger partial charge in [-0.1, -0.05) is 11.6 Å². The molecule has 6 heteroatoms. The predicted octanol–water partition coefficient (Wildman–Crippen LogP) is 2.49. The minimum atomic E-state index is -0.0990. The molecule has 5 nitrogen and oxygen atoms in total. The molecule has 0 radical (unpaired) electrons. The van der Waals surface area contributed by atoms with Crippen molar-refractivity contribution in [1.29, 1.82) is 0 Å². The molecule has 0 saturated carbocycles. The molecule has 0 atom stereocenters. The molecule has 0 bridgehead atoms. The normalized spacial score (nSPS) is 15.2. The summed E-state index contributed by atoms with van der Waals surface area (Å²) in [6.45, 7) is 1.39. The first-order valence-corrected chi connectivity index (χ1v) is 8.31. The lowest BCUT2D eigenvalue weighted by molar-refractivity contribution is -0.137. The summed E-state index contributed by atoms with van der Waals surface area (Å²) in [5.74, 6) is -0.0178. The quantitative estimate of drug-likeness (QED) is 0.883. The van der Waals surface area contributed by atoms with Crippen molar-refractivity contribution in [3.63, 3.8) is 0 Å². The van der Waals surface area contributed by atoms with Gasteiger partial charge in [-0.15, -0.1) is 0 Å². The van der Waals surface area contributed by atoms with Crippen molar-refractivity contribution in [2.45, 2.75) is 25.7 Å². The van der Waals surface area contributed by atoms with Crippen LogP contribution in [0.2, 0.25) is 5.02 Å². The third-order valence-corrected chi connectivity index (χ3v) is 4.44. The van der Waals surface area contributed by atoms with Crippen LogP contribution in [0.15, 0.2) is 24.4 Å². The van der Waals surface area contributed by atoms with Crippen LogP contribution < -0.4 is 5.32 Å². The number of fused-ring (bicyclic) bond motifs is 1. The second-order valence-electron chi connectivity index (χ2n) is 5.88. The fourth-order valence-corrected chi connectivity index (χ4v) is 3.12. The Kier molecular flexibility index (Phi) is 4.86. The molecule has 2 amide bonds. The Balaban J connectivity index is 1.51. The second-order valence-corrected chi connectivity index (χ2v) is 6.31. The lowest BCUT2D eigenvalue weighted by Gasteiger charge is -2.25. The van der Waals surface area contributed by atoms with Crippen LogP contribution in [-0.2, 0) is 16.0 Å². The van der Waals surface area contributed by atoms with E-state index in [9.17, 15) is 9.59 Å². The Labute approximate surface area is 140 Å². The Morgan fingerprint density at radius 1 is 1.35 bits per heavy atom. The average Bonchev–Trinajstić information content (AvgIpc) is 2.92. The van der Waals surface area contributed by atoms with Crippen molar-refractivity contribution in [1.82, 2.24) is 15.2 Å². The fraction of sp³-hybridized carbons (Fsp3) is 0.412. The highest BCUT2D eigenvalue weighted by molar-refractivity contribution is 6.31. The van der Waals surface area contributed by atoms with Crippen LogP contribution in [0.1, 0.15) is 24.8 Å². The molecule has 1 saturated heterocycles. The number of nitrogens with zero attached hydrogens (tertiary/aromatic N) is 1. The molecule has 1 aliphatic heterocycles. The van der Waals surface area contributed by atoms with Crippen molar-refractivity contribution < 1.29 is 9.59 Å². The first-order valence-electron chi connectivity index (χ1n) is 7.93. The maximum atomic E-state index is 12.0. The van der Waals surface area contributed by atoms with Crippen LogP contribution in [-0.4, -0.2) is 41.3 Å². The number of nitrogens with one attached hydrogen (secondary N) is 2. The Morgan fingerprint density at radius 2 is 2.22 bits per heavy atom. The molecule has 2 aromatic rings. The van der Waals surface area contributed by atoms with Gasteiger partial charge < -0.3 is 15.2 Å². The minimum Gasteiger partial charge on any atom is -0.361 e. The van der Waals surface area contributed by atoms with E-state index in [1.165, 1.54) is 0 Å². The number of amides is 2. The maximum absolute atomic E-state index is 12.0. The zero-order chi connectivity index (χ0) is 16.2. The van der Waals surface area contributed by atoms with Gasteiger partial charge in [0.1, 0.15) is 0 Å². The van der Waals surface area contributed by atoms with E-state index in [2.05, 4.69) is 10.3 Å². The summed E-state index contributed by atoms with van der Waals surface area (Å²) in [5.41, 5.74) is 2.16. The highest BCUT2D eigenvalue weighted by atomic mass is 35.5. The highest BCUT2D eigenvalue weighted by Gasteiger charge is 2.20. The van der Waals surface area contributed by atoms with Gasteiger partial charge in [-0.25, -0.2) is 0 Å². The SMILES string of the molecule is O=C(CN1CCCCC1=O)NCCc1c[nH]c2ccc(Cl)cc12. The molecule has 2 heterocycles. The number of benzene rings is 1. The first kappa shape index (κ1) is 15.9. The van der Waals surface area contributed by atoms with Crippen LogP contribution in [0.25, 0.3) is 10.9 Å². The zero-order valence-electron chi connectivity index (χ0n) is 12.9. The lowest BCUT2D eigenvalue weighted by atomic mass is 10.1. The van der Waals surface area contributed by atoms with E-state index in [1.807, 2.05) is 24.4 Å². The van der Waals surface area contributed by atoms with Gasteiger partial charge in [0.2, 0.25) is 11.8 Å². The average molecular weight is 334 g/mol. The topological polar surface area (TPSA) is 65.2 Å². The van der Waals surface area contributed by atoms with Crippen molar-refractivity contribution in [3.05, 3.63) is 35.0 Å². The standard InChI is InChI=1S/C17H20ClN3O2/c18-13-4-5-15-14(9-13)12(10-20-15)6-7-19-16(22)11-21-8-2-1-3-17(21)23/h4-5,9-10,20H,1-3,6-8,11H2,(H,19,22). The number of rotatable bonds is 5. The van der Waals surface area contributed by atoms with Gasteiger partial charge in [0.05, 0.1) is 6.54 Å². The van der Waals surface area contributed by atoms with Crippen molar-refractivity contribution in [3.8, 4) is 0 Å². The summed E-state index contributed by atoms with van der Waals surface area (Å²) in [6.07, 6.45) is 5.14. The van der Waals surface area contributed by atoms with Crippen LogP contribution >= 0.6 is 11.6 Å². The Hall–Kier alpha value is -2.01. The van der Waals surface area contributed by atoms with E-state index in [-0.39, 0.29) is 18.4 Å². The number of carbonyl (C=O) groups is 2. The van der Waals surface area contributed by atoms with E-state index in [1.54, 1.807) is 4.90 Å². The van der Waals surface area contributed by atoms with Crippen LogP contribution in [0.3, 0.4) is 0 Å². The van der Waals surface area contributed by atoms with Crippen LogP contribution in [0, 0.1) is 0 Å². The molecule has 0 aliphatic carbocycles. The predicted molar refractivity (Wildman–Crippen MR) is 90.5 cm³/mol. The summed E-state index contributed by atoms with van der Waals surface area (Å²) in [4.78, 5) is 28.5. The lowest BCUT2D eigenvalue weighted by Crippen LogP contribution is -2.43. The summed E-state index contributed by atoms with van der Waals surface area (Å²) in [6, 6.07) is 5.72. The molecule has 1 fully saturated rings. The van der Waals surface area contributed by atoms with E-state index in [0.717, 1.165) is 35.7 Å². The molecule has 122 valence electrons. The van der Waals surface area contributed by atoms with Gasteiger partial charge in [-0.3, -0.25) is 9.59 Å². The zero-order valence-corrected chi connectivity index (χ0v) is 13.7. The number of carbonyl (C=O) groups excluding carboxylic acids is 2. The van der Waals surface area contributed by atoms with Gasteiger partial charge >= 0.3 is 0 Å². The molecule has 2 N–H and O–H groups in total. The molecule has 1 aromatic carbocycles. The van der Waals surface area contributed by atoms with E-state index in [4.69, 9.17) is 11.6 Å². The van der Waals surface area contributed by atoms with E-state index in [0.29, 0.717) is 24.5 Å². The number of aromatic nitrogens is 1. The monoisotopic (exact) mass is 333 g/mol. The van der Waals surface area contributed by atoms with Crippen molar-refractivity contribution in [2.24, 2.45) is 0 Å². The molecule has 23 heavy (non-hydrogen) atoms. The fourth-order valence-electron chi connectivity index (χ4n) is 2.95. The largest absolute Gasteiger partial charge is 0.361 e. The Bertz CT molecular complexity index is 726. The molecule has 3 rings (SSSR count). The second kappa shape index (κ2) is 7.04. The van der Waals surface area contributed by atoms with Crippen molar-refractivity contribution in [2.75, 3.05) is 19.6 Å². The minimum absolute atomic E-state index is 0.0812. The number of hydrogen-bond acceptors (Lipinski definition) is 2. The number of piperidine rings is 1. The van der Waals surface area contributed by atoms with Gasteiger partial charge in [0.25, 0.3) is 0 Å². The third kappa shape index (κ3) is 3.85. The van der Waals surface area contributed by atoms with Crippen molar-refractivity contribution >= 4 is 34.3 Å². The summed E-state index contributed by atoms with van der Waals surface area (Å²) >= 11 is 6.03. The Morgan fingerprint density at radius 3 is 3.04 bits per heavy atom. The summed E-state index contributed by atoms with van der Waals surface area (Å²) in [5, 5.41) is 4.67. The smallest absolute Gasteiger partial charge is 0.239 e. The van der Waals surface area contributed by atoms with Gasteiger partial charge in [0.15, 0.2) is 0 Å². The number of hydrogen-bond donors (Lipinski definition) is 2. The van der Waals surface area contributed by atoms with Gasteiger partial charge in [-0.2, -0.15) is 0 Å². The highest BCUT2D eigenvalue weighted by Crippen LogP contribution is 2.22. The maximum Gasteiger partial charge on any atom is 0.239 e. The van der Waals surface area contributed by atoms with E-state index >= 15 is 0 Å². The molecule has 1 aliphatic rings. The summed E-state index contributed by atoms with van der Waals surface area (Å²) < 4.78 is 0. The molecule has 1 aromatic heterocycles. The number of aromatic amines is 1. The summed E-state index contributed by atoms with van der Waals surface area (Å²) in [7, 11) is 0. The van der Waals surface area contributed by atoms with Crippen LogP contribution in [0.5, 0.6) is 0 Å². The van der Waals surface area contributed by atoms with Gasteiger partial charge in [0, 0.05) is 41.6 Å². The molecule has 0 unspecified atom stereocenters. The van der Waals surface area contributed by atoms with Gasteiger partial charge in [-0.05, 0) is 43.0 Å². The first-order chi connectivity index (χ1) is 11.1. The molecular weight excluding hydrogens is 314 g/mol.